The van der Waals surface area contributed by atoms with Crippen LogP contribution in [0.3, 0.4) is 0 Å². The van der Waals surface area contributed by atoms with E-state index in [1.165, 1.54) is 49.3 Å². The maximum atomic E-state index is 2.35. The highest BCUT2D eigenvalue weighted by Crippen LogP contribution is 2.37. The van der Waals surface area contributed by atoms with Gasteiger partial charge < -0.3 is 0 Å². The molecule has 3 aromatic carbocycles. The van der Waals surface area contributed by atoms with Crippen LogP contribution in [-0.2, 0) is 0 Å². The van der Waals surface area contributed by atoms with Crippen molar-refractivity contribution in [3.05, 3.63) is 88.0 Å². The molecule has 0 fully saturated rings. The molecule has 1 heteroatoms. The van der Waals surface area contributed by atoms with E-state index in [0.717, 1.165) is 0 Å². The first kappa shape index (κ1) is 17.9. The number of hydrogen-bond donors (Lipinski definition) is 0. The van der Waals surface area contributed by atoms with E-state index < -0.39 is 7.92 Å². The molecule has 0 bridgehead atoms. The second-order valence-electron chi connectivity index (χ2n) is 7.12. The zero-order valence-corrected chi connectivity index (χ0v) is 17.2. The monoisotopic (exact) mass is 347 g/mol. The van der Waals surface area contributed by atoms with E-state index in [0.29, 0.717) is 0 Å². The molecule has 0 amide bonds. The number of rotatable bonds is 3. The van der Waals surface area contributed by atoms with E-state index in [9.17, 15) is 0 Å². The van der Waals surface area contributed by atoms with Crippen molar-refractivity contribution >= 4 is 23.8 Å². The molecule has 0 aliphatic carbocycles. The summed E-state index contributed by atoms with van der Waals surface area (Å²) in [4.78, 5) is 0. The average molecular weight is 347 g/mol. The van der Waals surface area contributed by atoms with Gasteiger partial charge in [0.25, 0.3) is 0 Å². The Hall–Kier alpha value is -1.91. The Morgan fingerprint density at radius 2 is 0.720 bits per heavy atom. The number of aryl methyl sites for hydroxylation is 3. The molecule has 128 valence electrons. The minimum atomic E-state index is -1.03. The van der Waals surface area contributed by atoms with Gasteiger partial charge in [-0.1, -0.05) is 36.4 Å². The van der Waals surface area contributed by atoms with Crippen LogP contribution in [-0.4, -0.2) is 0 Å². The molecule has 0 aliphatic rings. The minimum Gasteiger partial charge on any atom is -0.0588 e. The van der Waals surface area contributed by atoms with Crippen molar-refractivity contribution in [1.29, 1.82) is 0 Å². The normalized spacial score (nSPS) is 11.2. The fourth-order valence-electron chi connectivity index (χ4n) is 3.50. The van der Waals surface area contributed by atoms with Gasteiger partial charge in [-0.2, -0.15) is 0 Å². The van der Waals surface area contributed by atoms with Crippen molar-refractivity contribution < 1.29 is 0 Å². The van der Waals surface area contributed by atoms with E-state index in [4.69, 9.17) is 0 Å². The molecule has 0 unspecified atom stereocenters. The van der Waals surface area contributed by atoms with Crippen molar-refractivity contribution in [2.75, 3.05) is 0 Å². The lowest BCUT2D eigenvalue weighted by atomic mass is 10.1. The van der Waals surface area contributed by atoms with E-state index >= 15 is 0 Å². The van der Waals surface area contributed by atoms with Gasteiger partial charge in [-0.05, 0) is 93.1 Å². The van der Waals surface area contributed by atoms with Crippen LogP contribution >= 0.6 is 7.92 Å². The lowest BCUT2D eigenvalue weighted by molar-refractivity contribution is 1.35. The zero-order chi connectivity index (χ0) is 18.1. The van der Waals surface area contributed by atoms with Gasteiger partial charge in [-0.3, -0.25) is 0 Å². The van der Waals surface area contributed by atoms with Crippen molar-refractivity contribution in [2.24, 2.45) is 0 Å². The maximum absolute atomic E-state index is 2.35. The molecule has 3 aromatic rings. The third-order valence-electron chi connectivity index (χ3n) is 5.62. The molecule has 0 aliphatic heterocycles. The first-order valence-electron chi connectivity index (χ1n) is 8.98. The molecule has 0 atom stereocenters. The fraction of sp³-hybridized carbons (Fsp3) is 0.250. The van der Waals surface area contributed by atoms with Crippen molar-refractivity contribution in [1.82, 2.24) is 0 Å². The molecular formula is C24H28P+. The van der Waals surface area contributed by atoms with Crippen LogP contribution < -0.4 is 15.9 Å². The second-order valence-corrected chi connectivity index (χ2v) is 9.48. The summed E-state index contributed by atoms with van der Waals surface area (Å²) in [6.45, 7) is 13.5. The average Bonchev–Trinajstić information content (AvgIpc) is 2.59. The van der Waals surface area contributed by atoms with Gasteiger partial charge in [-0.25, -0.2) is 0 Å². The number of benzene rings is 3. The minimum absolute atomic E-state index is 1.03. The molecule has 0 spiro atoms. The summed E-state index contributed by atoms with van der Waals surface area (Å²) in [6, 6.07) is 20.4. The molecule has 3 rings (SSSR count). The highest BCUT2D eigenvalue weighted by Gasteiger charge is 2.31. The predicted molar refractivity (Wildman–Crippen MR) is 115 cm³/mol. The van der Waals surface area contributed by atoms with Crippen LogP contribution in [0.5, 0.6) is 0 Å². The largest absolute Gasteiger partial charge is 0.105 e. The summed E-state index contributed by atoms with van der Waals surface area (Å²) >= 11 is 0. The molecule has 0 N–H and O–H groups in total. The summed E-state index contributed by atoms with van der Waals surface area (Å²) < 4.78 is 0. The summed E-state index contributed by atoms with van der Waals surface area (Å²) in [5.41, 5.74) is 8.48. The van der Waals surface area contributed by atoms with Crippen molar-refractivity contribution in [3.63, 3.8) is 0 Å². The van der Waals surface area contributed by atoms with Gasteiger partial charge in [0, 0.05) is 0 Å². The quantitative estimate of drug-likeness (QED) is 0.583. The SMILES string of the molecule is Cc1cccc([PH+](c2cccc(C)c2C)c2cccc(C)c2C)c1C. The summed E-state index contributed by atoms with van der Waals surface area (Å²) in [5.74, 6) is 0. The molecule has 0 heterocycles. The Kier molecular flexibility index (Phi) is 5.11. The third-order valence-corrected chi connectivity index (χ3v) is 8.86. The Labute approximate surface area is 153 Å². The van der Waals surface area contributed by atoms with E-state index in [-0.39, 0.29) is 0 Å². The van der Waals surface area contributed by atoms with Gasteiger partial charge >= 0.3 is 0 Å². The highest BCUT2D eigenvalue weighted by molar-refractivity contribution is 7.80. The predicted octanol–water partition coefficient (Wildman–Crippen LogP) is 5.03. The zero-order valence-electron chi connectivity index (χ0n) is 16.2. The Balaban J connectivity index is 2.35. The third kappa shape index (κ3) is 3.29. The van der Waals surface area contributed by atoms with Crippen molar-refractivity contribution in [3.8, 4) is 0 Å². The van der Waals surface area contributed by atoms with Crippen LogP contribution in [0.25, 0.3) is 0 Å². The van der Waals surface area contributed by atoms with Gasteiger partial charge in [0.2, 0.25) is 0 Å². The highest BCUT2D eigenvalue weighted by atomic mass is 31.1. The topological polar surface area (TPSA) is 0 Å². The first-order valence-corrected chi connectivity index (χ1v) is 10.5. The summed E-state index contributed by atoms with van der Waals surface area (Å²) in [7, 11) is -1.03. The lowest BCUT2D eigenvalue weighted by Gasteiger charge is -2.19. The van der Waals surface area contributed by atoms with E-state index in [1.54, 1.807) is 0 Å². The molecule has 25 heavy (non-hydrogen) atoms. The van der Waals surface area contributed by atoms with Crippen LogP contribution in [0.1, 0.15) is 33.4 Å². The first-order chi connectivity index (χ1) is 11.9. The van der Waals surface area contributed by atoms with Gasteiger partial charge in [-0.15, -0.1) is 0 Å². The Morgan fingerprint density at radius 1 is 0.440 bits per heavy atom. The molecule has 0 saturated heterocycles. The summed E-state index contributed by atoms with van der Waals surface area (Å²) in [6.07, 6.45) is 0. The van der Waals surface area contributed by atoms with Gasteiger partial charge in [0.1, 0.15) is 15.9 Å². The van der Waals surface area contributed by atoms with Crippen LogP contribution in [0.2, 0.25) is 0 Å². The van der Waals surface area contributed by atoms with Gasteiger partial charge in [0.15, 0.2) is 0 Å². The van der Waals surface area contributed by atoms with Gasteiger partial charge in [0.05, 0.1) is 7.92 Å². The Bertz CT molecular complexity index is 799. The fourth-order valence-corrected chi connectivity index (χ4v) is 6.88. The molecular weight excluding hydrogens is 319 g/mol. The van der Waals surface area contributed by atoms with E-state index in [2.05, 4.69) is 96.1 Å². The smallest absolute Gasteiger partial charge is 0.0588 e. The molecule has 0 radical (unpaired) electrons. The maximum Gasteiger partial charge on any atom is 0.105 e. The van der Waals surface area contributed by atoms with Crippen LogP contribution in [0.15, 0.2) is 54.6 Å². The Morgan fingerprint density at radius 3 is 1.00 bits per heavy atom. The molecule has 0 nitrogen and oxygen atoms in total. The molecule has 0 saturated carbocycles. The second kappa shape index (κ2) is 7.14. The standard InChI is InChI=1S/C24H27P/c1-16-10-7-13-22(19(16)4)25(23-14-8-11-17(2)20(23)5)24-15-9-12-18(3)21(24)6/h7-15H,1-6H3/p+1. The van der Waals surface area contributed by atoms with Crippen LogP contribution in [0, 0.1) is 41.5 Å². The van der Waals surface area contributed by atoms with Crippen LogP contribution in [0.4, 0.5) is 0 Å². The molecule has 0 aromatic heterocycles. The van der Waals surface area contributed by atoms with Crippen molar-refractivity contribution in [2.45, 2.75) is 41.5 Å². The van der Waals surface area contributed by atoms with E-state index in [1.807, 2.05) is 0 Å². The lowest BCUT2D eigenvalue weighted by Crippen LogP contribution is -2.26. The number of hydrogen-bond acceptors (Lipinski definition) is 0. The summed E-state index contributed by atoms with van der Waals surface area (Å²) in [5, 5.41) is 4.56.